The Labute approximate surface area is 217 Å². The van der Waals surface area contributed by atoms with E-state index in [2.05, 4.69) is 17.1 Å². The maximum Gasteiger partial charge on any atom is 0.321 e. The third-order valence-corrected chi connectivity index (χ3v) is 6.99. The Hall–Kier alpha value is -2.35. The van der Waals surface area contributed by atoms with Gasteiger partial charge >= 0.3 is 6.03 Å². The number of halogens is 3. The van der Waals surface area contributed by atoms with Crippen LogP contribution in [0.3, 0.4) is 0 Å². The highest BCUT2D eigenvalue weighted by Gasteiger charge is 2.23. The van der Waals surface area contributed by atoms with Crippen molar-refractivity contribution in [1.82, 2.24) is 14.7 Å². The van der Waals surface area contributed by atoms with Gasteiger partial charge in [0.15, 0.2) is 0 Å². The van der Waals surface area contributed by atoms with E-state index in [-0.39, 0.29) is 17.8 Å². The number of hydrogen-bond donors (Lipinski definition) is 1. The predicted molar refractivity (Wildman–Crippen MR) is 139 cm³/mol. The molecule has 0 bridgehead atoms. The maximum absolute atomic E-state index is 13.3. The van der Waals surface area contributed by atoms with Crippen molar-refractivity contribution in [1.29, 1.82) is 0 Å². The lowest BCUT2D eigenvalue weighted by molar-refractivity contribution is -0.132. The number of benzene rings is 2. The summed E-state index contributed by atoms with van der Waals surface area (Å²) in [7, 11) is 0. The summed E-state index contributed by atoms with van der Waals surface area (Å²) >= 11 is 12.2. The Bertz CT molecular complexity index is 982. The van der Waals surface area contributed by atoms with Gasteiger partial charge in [-0.25, -0.2) is 9.18 Å². The van der Waals surface area contributed by atoms with Crippen LogP contribution < -0.4 is 5.32 Å². The van der Waals surface area contributed by atoms with Gasteiger partial charge in [-0.15, -0.1) is 0 Å². The average Bonchev–Trinajstić information content (AvgIpc) is 2.86. The largest absolute Gasteiger partial charge is 0.337 e. The van der Waals surface area contributed by atoms with Crippen molar-refractivity contribution in [3.05, 3.63) is 63.9 Å². The van der Waals surface area contributed by atoms with Crippen LogP contribution >= 0.6 is 23.2 Å². The summed E-state index contributed by atoms with van der Waals surface area (Å²) in [5, 5.41) is 3.55. The van der Waals surface area contributed by atoms with Crippen LogP contribution in [0.2, 0.25) is 10.0 Å². The predicted octanol–water partition coefficient (Wildman–Crippen LogP) is 5.89. The molecule has 0 aliphatic carbocycles. The van der Waals surface area contributed by atoms with Crippen LogP contribution in [-0.4, -0.2) is 65.9 Å². The number of hydrogen-bond acceptors (Lipinski definition) is 3. The molecule has 0 saturated carbocycles. The fraction of sp³-hybridized carbons (Fsp3) is 0.462. The first kappa shape index (κ1) is 27.2. The molecular weight excluding hydrogens is 490 g/mol. The smallest absolute Gasteiger partial charge is 0.321 e. The quantitative estimate of drug-likeness (QED) is 0.395. The van der Waals surface area contributed by atoms with E-state index < -0.39 is 0 Å². The van der Waals surface area contributed by atoms with Crippen LogP contribution in [-0.2, 0) is 11.3 Å². The van der Waals surface area contributed by atoms with Gasteiger partial charge in [0.05, 0.1) is 15.7 Å². The molecule has 3 amide bonds. The summed E-state index contributed by atoms with van der Waals surface area (Å²) in [6, 6.07) is 11.2. The second-order valence-electron chi connectivity index (χ2n) is 8.76. The van der Waals surface area contributed by atoms with E-state index in [1.807, 2.05) is 4.90 Å². The van der Waals surface area contributed by atoms with Gasteiger partial charge in [0.2, 0.25) is 5.91 Å². The minimum absolute atomic E-state index is 0.124. The van der Waals surface area contributed by atoms with Crippen LogP contribution in [0.1, 0.15) is 38.2 Å². The van der Waals surface area contributed by atoms with E-state index in [9.17, 15) is 14.0 Å². The number of amides is 3. The van der Waals surface area contributed by atoms with Gasteiger partial charge < -0.3 is 15.1 Å². The van der Waals surface area contributed by atoms with E-state index in [0.717, 1.165) is 31.4 Å². The normalized spacial score (nSPS) is 14.1. The maximum atomic E-state index is 13.3. The highest BCUT2D eigenvalue weighted by atomic mass is 35.5. The van der Waals surface area contributed by atoms with E-state index in [4.69, 9.17) is 23.2 Å². The Morgan fingerprint density at radius 2 is 1.74 bits per heavy atom. The molecule has 35 heavy (non-hydrogen) atoms. The number of unbranched alkanes of at least 4 members (excludes halogenated alkanes) is 2. The van der Waals surface area contributed by atoms with Crippen LogP contribution in [0.4, 0.5) is 14.9 Å². The topological polar surface area (TPSA) is 55.9 Å². The molecule has 6 nitrogen and oxygen atoms in total. The van der Waals surface area contributed by atoms with E-state index in [1.54, 1.807) is 35.2 Å². The molecule has 2 aromatic rings. The zero-order valence-corrected chi connectivity index (χ0v) is 21.6. The molecule has 190 valence electrons. The number of piperazine rings is 1. The highest BCUT2D eigenvalue weighted by molar-refractivity contribution is 6.43. The van der Waals surface area contributed by atoms with Crippen molar-refractivity contribution in [3.63, 3.8) is 0 Å². The molecule has 0 atom stereocenters. The van der Waals surface area contributed by atoms with E-state index in [1.165, 1.54) is 12.1 Å². The molecule has 0 radical (unpaired) electrons. The van der Waals surface area contributed by atoms with Gasteiger partial charge in [-0.2, -0.15) is 0 Å². The van der Waals surface area contributed by atoms with Crippen molar-refractivity contribution in [2.24, 2.45) is 0 Å². The summed E-state index contributed by atoms with van der Waals surface area (Å²) in [5.74, 6) is -0.159. The Kier molecular flexibility index (Phi) is 10.6. The first-order chi connectivity index (χ1) is 16.9. The van der Waals surface area contributed by atoms with Crippen LogP contribution in [0.25, 0.3) is 0 Å². The standard InChI is InChI=1S/C26H33Cl2FN4O2/c1-2-3-4-8-24(34)33(19-20-9-11-21(29)12-10-20)18-15-31-13-16-32(17-14-31)26(35)30-23-7-5-6-22(27)25(23)28/h5-7,9-12H,2-4,8,13-19H2,1H3,(H,30,35). The van der Waals surface area contributed by atoms with Gasteiger partial charge in [-0.05, 0) is 36.2 Å². The third-order valence-electron chi connectivity index (χ3n) is 6.17. The van der Waals surface area contributed by atoms with Gasteiger partial charge in [0, 0.05) is 52.2 Å². The lowest BCUT2D eigenvalue weighted by Crippen LogP contribution is -2.51. The van der Waals surface area contributed by atoms with Gasteiger partial charge in [-0.3, -0.25) is 9.69 Å². The second kappa shape index (κ2) is 13.7. The molecule has 1 fully saturated rings. The number of carbonyl (C=O) groups is 2. The molecular formula is C26H33Cl2FN4O2. The number of urea groups is 1. The SMILES string of the molecule is CCCCCC(=O)N(CCN1CCN(C(=O)Nc2cccc(Cl)c2Cl)CC1)Cc1ccc(F)cc1. The molecule has 1 saturated heterocycles. The molecule has 3 rings (SSSR count). The number of carbonyl (C=O) groups excluding carboxylic acids is 2. The summed E-state index contributed by atoms with van der Waals surface area (Å²) in [4.78, 5) is 31.4. The van der Waals surface area contributed by atoms with E-state index in [0.29, 0.717) is 61.4 Å². The average molecular weight is 523 g/mol. The first-order valence-corrected chi connectivity index (χ1v) is 12.9. The van der Waals surface area contributed by atoms with Gasteiger partial charge in [-0.1, -0.05) is 61.2 Å². The first-order valence-electron chi connectivity index (χ1n) is 12.1. The Balaban J connectivity index is 1.50. The molecule has 1 N–H and O–H groups in total. The minimum atomic E-state index is -0.283. The van der Waals surface area contributed by atoms with Crippen LogP contribution in [0.5, 0.6) is 0 Å². The Morgan fingerprint density at radius 1 is 1.03 bits per heavy atom. The summed E-state index contributed by atoms with van der Waals surface area (Å²) < 4.78 is 13.3. The van der Waals surface area contributed by atoms with Gasteiger partial charge in [0.25, 0.3) is 0 Å². The molecule has 1 aliphatic heterocycles. The lowest BCUT2D eigenvalue weighted by atomic mass is 10.1. The minimum Gasteiger partial charge on any atom is -0.337 e. The zero-order valence-electron chi connectivity index (χ0n) is 20.1. The summed E-state index contributed by atoms with van der Waals surface area (Å²) in [6.45, 7) is 6.47. The molecule has 1 heterocycles. The molecule has 9 heteroatoms. The fourth-order valence-electron chi connectivity index (χ4n) is 4.02. The second-order valence-corrected chi connectivity index (χ2v) is 9.54. The van der Waals surface area contributed by atoms with Crippen molar-refractivity contribution in [2.75, 3.05) is 44.6 Å². The number of anilines is 1. The van der Waals surface area contributed by atoms with Crippen molar-refractivity contribution in [3.8, 4) is 0 Å². The van der Waals surface area contributed by atoms with Gasteiger partial charge in [0.1, 0.15) is 5.82 Å². The molecule has 0 spiro atoms. The fourth-order valence-corrected chi connectivity index (χ4v) is 4.37. The van der Waals surface area contributed by atoms with E-state index >= 15 is 0 Å². The number of rotatable bonds is 10. The number of nitrogens with zero attached hydrogens (tertiary/aromatic N) is 3. The zero-order chi connectivity index (χ0) is 25.2. The highest BCUT2D eigenvalue weighted by Crippen LogP contribution is 2.29. The van der Waals surface area contributed by atoms with Crippen LogP contribution in [0.15, 0.2) is 42.5 Å². The molecule has 1 aliphatic rings. The summed E-state index contributed by atoms with van der Waals surface area (Å²) in [5.41, 5.74) is 1.40. The Morgan fingerprint density at radius 3 is 2.43 bits per heavy atom. The third kappa shape index (κ3) is 8.37. The molecule has 2 aromatic carbocycles. The van der Waals surface area contributed by atoms with Crippen molar-refractivity contribution >= 4 is 40.8 Å². The number of nitrogens with one attached hydrogen (secondary N) is 1. The summed E-state index contributed by atoms with van der Waals surface area (Å²) in [6.07, 6.45) is 3.49. The van der Waals surface area contributed by atoms with Crippen molar-refractivity contribution < 1.29 is 14.0 Å². The molecule has 0 aromatic heterocycles. The molecule has 0 unspecified atom stereocenters. The lowest BCUT2D eigenvalue weighted by Gasteiger charge is -2.36. The monoisotopic (exact) mass is 522 g/mol. The van der Waals surface area contributed by atoms with Crippen molar-refractivity contribution in [2.45, 2.75) is 39.2 Å². The van der Waals surface area contributed by atoms with Crippen LogP contribution in [0, 0.1) is 5.82 Å².